The highest BCUT2D eigenvalue weighted by molar-refractivity contribution is 7.16. The van der Waals surface area contributed by atoms with Crippen molar-refractivity contribution in [1.82, 2.24) is 5.32 Å². The predicted octanol–water partition coefficient (Wildman–Crippen LogP) is 3.84. The van der Waals surface area contributed by atoms with Crippen LogP contribution in [0.25, 0.3) is 0 Å². The summed E-state index contributed by atoms with van der Waals surface area (Å²) >= 11 is 7.58. The molecule has 1 aromatic heterocycles. The third-order valence-corrected chi connectivity index (χ3v) is 3.76. The van der Waals surface area contributed by atoms with Crippen LogP contribution in [0.3, 0.4) is 0 Å². The molecule has 0 bridgehead atoms. The number of hydrogen-bond acceptors (Lipinski definition) is 4. The summed E-state index contributed by atoms with van der Waals surface area (Å²) in [5, 5.41) is 3.47. The van der Waals surface area contributed by atoms with Crippen molar-refractivity contribution < 1.29 is 9.47 Å². The third kappa shape index (κ3) is 4.86. The fourth-order valence-corrected chi connectivity index (χ4v) is 2.84. The van der Waals surface area contributed by atoms with Gasteiger partial charge in [0.1, 0.15) is 0 Å². The maximum absolute atomic E-state index is 6.01. The van der Waals surface area contributed by atoms with E-state index in [1.54, 1.807) is 11.3 Å². The first-order chi connectivity index (χ1) is 8.72. The second kappa shape index (κ2) is 8.88. The van der Waals surface area contributed by atoms with E-state index in [-0.39, 0.29) is 12.3 Å². The van der Waals surface area contributed by atoms with Gasteiger partial charge in [0.25, 0.3) is 0 Å². The van der Waals surface area contributed by atoms with Gasteiger partial charge in [0, 0.05) is 18.1 Å². The smallest absolute Gasteiger partial charge is 0.177 e. The fourth-order valence-electron chi connectivity index (χ4n) is 1.70. The van der Waals surface area contributed by atoms with Crippen LogP contribution in [0.15, 0.2) is 12.1 Å². The van der Waals surface area contributed by atoms with E-state index in [9.17, 15) is 0 Å². The normalized spacial score (nSPS) is 13.2. The minimum Gasteiger partial charge on any atom is -0.351 e. The highest BCUT2D eigenvalue weighted by atomic mass is 35.5. The Balaban J connectivity index is 2.80. The molecule has 1 aromatic rings. The summed E-state index contributed by atoms with van der Waals surface area (Å²) in [6.45, 7) is 8.29. The summed E-state index contributed by atoms with van der Waals surface area (Å²) in [5.74, 6) is 0. The van der Waals surface area contributed by atoms with Gasteiger partial charge < -0.3 is 14.8 Å². The number of ether oxygens (including phenoxy) is 2. The number of nitrogens with one attached hydrogen (secondary N) is 1. The molecule has 0 spiro atoms. The summed E-state index contributed by atoms with van der Waals surface area (Å²) in [4.78, 5) is 1.15. The monoisotopic (exact) mass is 291 g/mol. The Hall–Kier alpha value is -0.130. The van der Waals surface area contributed by atoms with Crippen molar-refractivity contribution in [2.45, 2.75) is 39.5 Å². The van der Waals surface area contributed by atoms with Crippen LogP contribution in [-0.2, 0) is 9.47 Å². The van der Waals surface area contributed by atoms with Gasteiger partial charge in [0.2, 0.25) is 0 Å². The Morgan fingerprint density at radius 1 is 1.22 bits per heavy atom. The van der Waals surface area contributed by atoms with Crippen molar-refractivity contribution >= 4 is 22.9 Å². The van der Waals surface area contributed by atoms with Crippen LogP contribution >= 0.6 is 22.9 Å². The quantitative estimate of drug-likeness (QED) is 0.701. The van der Waals surface area contributed by atoms with Gasteiger partial charge in [-0.3, -0.25) is 0 Å². The lowest BCUT2D eigenvalue weighted by Crippen LogP contribution is -2.35. The summed E-state index contributed by atoms with van der Waals surface area (Å²) in [7, 11) is 0. The molecule has 0 saturated heterocycles. The van der Waals surface area contributed by atoms with E-state index in [0.717, 1.165) is 22.2 Å². The molecule has 1 rings (SSSR count). The van der Waals surface area contributed by atoms with Crippen LogP contribution in [0.4, 0.5) is 0 Å². The lowest BCUT2D eigenvalue weighted by Gasteiger charge is -2.26. The van der Waals surface area contributed by atoms with E-state index in [1.807, 2.05) is 26.0 Å². The summed E-state index contributed by atoms with van der Waals surface area (Å²) in [6.07, 6.45) is 0.807. The summed E-state index contributed by atoms with van der Waals surface area (Å²) < 4.78 is 12.2. The molecule has 0 radical (unpaired) electrons. The van der Waals surface area contributed by atoms with Gasteiger partial charge >= 0.3 is 0 Å². The molecule has 1 N–H and O–H groups in total. The van der Waals surface area contributed by atoms with Crippen molar-refractivity contribution in [2.75, 3.05) is 19.8 Å². The highest BCUT2D eigenvalue weighted by Crippen LogP contribution is 2.30. The van der Waals surface area contributed by atoms with Crippen molar-refractivity contribution in [3.8, 4) is 0 Å². The zero-order chi connectivity index (χ0) is 13.4. The van der Waals surface area contributed by atoms with Crippen molar-refractivity contribution in [3.05, 3.63) is 21.3 Å². The zero-order valence-corrected chi connectivity index (χ0v) is 12.8. The predicted molar refractivity (Wildman–Crippen MR) is 77.4 cm³/mol. The van der Waals surface area contributed by atoms with Gasteiger partial charge in [0.05, 0.1) is 10.4 Å². The van der Waals surface area contributed by atoms with Crippen LogP contribution in [0, 0.1) is 0 Å². The van der Waals surface area contributed by atoms with Gasteiger partial charge in [-0.1, -0.05) is 18.5 Å². The fraction of sp³-hybridized carbons (Fsp3) is 0.692. The second-order valence-corrected chi connectivity index (χ2v) is 5.60. The van der Waals surface area contributed by atoms with Crippen LogP contribution in [0.5, 0.6) is 0 Å². The maximum atomic E-state index is 6.01. The topological polar surface area (TPSA) is 30.5 Å². The summed E-state index contributed by atoms with van der Waals surface area (Å²) in [6, 6.07) is 3.99. The molecule has 3 nitrogen and oxygen atoms in total. The van der Waals surface area contributed by atoms with Gasteiger partial charge in [-0.2, -0.15) is 0 Å². The third-order valence-electron chi connectivity index (χ3n) is 2.45. The minimum absolute atomic E-state index is 0.0438. The highest BCUT2D eigenvalue weighted by Gasteiger charge is 2.24. The van der Waals surface area contributed by atoms with E-state index < -0.39 is 0 Å². The molecule has 1 heterocycles. The van der Waals surface area contributed by atoms with Gasteiger partial charge in [-0.25, -0.2) is 0 Å². The molecule has 104 valence electrons. The van der Waals surface area contributed by atoms with E-state index in [4.69, 9.17) is 21.1 Å². The molecule has 0 aromatic carbocycles. The maximum Gasteiger partial charge on any atom is 0.177 e. The first kappa shape index (κ1) is 15.9. The lowest BCUT2D eigenvalue weighted by atomic mass is 10.2. The Morgan fingerprint density at radius 2 is 1.89 bits per heavy atom. The molecule has 5 heteroatoms. The van der Waals surface area contributed by atoms with Crippen LogP contribution in [0.1, 0.15) is 38.1 Å². The molecule has 18 heavy (non-hydrogen) atoms. The van der Waals surface area contributed by atoms with E-state index in [2.05, 4.69) is 12.2 Å². The van der Waals surface area contributed by atoms with E-state index in [1.165, 1.54) is 0 Å². The molecular weight excluding hydrogens is 270 g/mol. The largest absolute Gasteiger partial charge is 0.351 e. The van der Waals surface area contributed by atoms with Crippen molar-refractivity contribution in [1.29, 1.82) is 0 Å². The first-order valence-corrected chi connectivity index (χ1v) is 7.64. The molecule has 1 unspecified atom stereocenters. The Bertz CT molecular complexity index is 327. The SMILES string of the molecule is CCCNC(c1ccc(Cl)s1)C(OCC)OCC. The van der Waals surface area contributed by atoms with Crippen LogP contribution in [0.2, 0.25) is 4.34 Å². The van der Waals surface area contributed by atoms with Crippen molar-refractivity contribution in [2.24, 2.45) is 0 Å². The molecule has 0 aliphatic heterocycles. The number of halogens is 1. The molecule has 0 aliphatic rings. The molecule has 0 fully saturated rings. The van der Waals surface area contributed by atoms with E-state index >= 15 is 0 Å². The van der Waals surface area contributed by atoms with Crippen molar-refractivity contribution in [3.63, 3.8) is 0 Å². The average Bonchev–Trinajstić information content (AvgIpc) is 2.77. The second-order valence-electron chi connectivity index (χ2n) is 3.85. The average molecular weight is 292 g/mol. The minimum atomic E-state index is -0.263. The number of thiophene rings is 1. The van der Waals surface area contributed by atoms with Crippen LogP contribution in [-0.4, -0.2) is 26.0 Å². The van der Waals surface area contributed by atoms with E-state index in [0.29, 0.717) is 13.2 Å². The Labute approximate surface area is 118 Å². The van der Waals surface area contributed by atoms with Gasteiger partial charge in [-0.15, -0.1) is 11.3 Å². The first-order valence-electron chi connectivity index (χ1n) is 6.44. The molecule has 0 saturated carbocycles. The Morgan fingerprint density at radius 3 is 2.33 bits per heavy atom. The zero-order valence-electron chi connectivity index (χ0n) is 11.2. The molecule has 0 amide bonds. The lowest BCUT2D eigenvalue weighted by molar-refractivity contribution is -0.154. The molecular formula is C13H22ClNO2S. The summed E-state index contributed by atoms with van der Waals surface area (Å²) in [5.41, 5.74) is 0. The van der Waals surface area contributed by atoms with Crippen LogP contribution < -0.4 is 5.32 Å². The molecule has 1 atom stereocenters. The number of hydrogen-bond donors (Lipinski definition) is 1. The molecule has 0 aliphatic carbocycles. The standard InChI is InChI=1S/C13H22ClNO2S/c1-4-9-15-12(10-7-8-11(14)18-10)13(16-5-2)17-6-3/h7-8,12-13,15H,4-6,9H2,1-3H3. The Kier molecular flexibility index (Phi) is 7.86. The number of rotatable bonds is 9. The van der Waals surface area contributed by atoms with Gasteiger partial charge in [-0.05, 0) is 38.9 Å². The van der Waals surface area contributed by atoms with Gasteiger partial charge in [0.15, 0.2) is 6.29 Å².